The van der Waals surface area contributed by atoms with Crippen molar-refractivity contribution in [1.29, 1.82) is 0 Å². The van der Waals surface area contributed by atoms with Crippen molar-refractivity contribution in [1.82, 2.24) is 4.90 Å². The first-order valence-corrected chi connectivity index (χ1v) is 6.77. The molecule has 1 heterocycles. The quantitative estimate of drug-likeness (QED) is 0.890. The molecule has 0 bridgehead atoms. The average Bonchev–Trinajstić information content (AvgIpc) is 2.41. The van der Waals surface area contributed by atoms with E-state index in [1.807, 2.05) is 24.3 Å². The molecule has 3 heteroatoms. The predicted octanol–water partition coefficient (Wildman–Crippen LogP) is 2.60. The Labute approximate surface area is 109 Å². The van der Waals surface area contributed by atoms with Gasteiger partial charge in [0, 0.05) is 12.6 Å². The lowest BCUT2D eigenvalue weighted by Gasteiger charge is -2.34. The van der Waals surface area contributed by atoms with Gasteiger partial charge in [0.1, 0.15) is 5.75 Å². The Bertz CT molecular complexity index is 381. The number of nitrogens with zero attached hydrogens (tertiary/aromatic N) is 1. The number of methoxy groups -OCH3 is 1. The highest BCUT2D eigenvalue weighted by atomic mass is 16.5. The van der Waals surface area contributed by atoms with Crippen molar-refractivity contribution in [3.63, 3.8) is 0 Å². The third-order valence-corrected chi connectivity index (χ3v) is 3.83. The molecular formula is C15H23NO2. The van der Waals surface area contributed by atoms with Crippen LogP contribution in [-0.2, 0) is 0 Å². The molecule has 0 radical (unpaired) electrons. The summed E-state index contributed by atoms with van der Waals surface area (Å²) in [6, 6.07) is 8.29. The van der Waals surface area contributed by atoms with Gasteiger partial charge in [0.2, 0.25) is 0 Å². The number of piperidine rings is 1. The van der Waals surface area contributed by atoms with E-state index in [-0.39, 0.29) is 0 Å². The Balaban J connectivity index is 1.99. The largest absolute Gasteiger partial charge is 0.497 e. The molecule has 2 unspecified atom stereocenters. The van der Waals surface area contributed by atoms with Crippen molar-refractivity contribution in [2.24, 2.45) is 0 Å². The second-order valence-corrected chi connectivity index (χ2v) is 5.13. The number of aliphatic hydroxyl groups excluding tert-OH is 1. The smallest absolute Gasteiger partial charge is 0.119 e. The summed E-state index contributed by atoms with van der Waals surface area (Å²) in [6.07, 6.45) is 3.37. The van der Waals surface area contributed by atoms with E-state index < -0.39 is 6.10 Å². The zero-order valence-electron chi connectivity index (χ0n) is 11.3. The maximum atomic E-state index is 10.3. The number of benzene rings is 1. The molecule has 0 spiro atoms. The minimum Gasteiger partial charge on any atom is -0.497 e. The molecule has 1 aliphatic heterocycles. The first kappa shape index (κ1) is 13.4. The number of hydrogen-bond donors (Lipinski definition) is 1. The third-order valence-electron chi connectivity index (χ3n) is 3.83. The molecule has 2 rings (SSSR count). The summed E-state index contributed by atoms with van der Waals surface area (Å²) in [5, 5.41) is 10.3. The van der Waals surface area contributed by atoms with E-state index in [0.29, 0.717) is 12.6 Å². The Hall–Kier alpha value is -1.06. The Morgan fingerprint density at radius 2 is 2.28 bits per heavy atom. The lowest BCUT2D eigenvalue weighted by Crippen LogP contribution is -2.40. The summed E-state index contributed by atoms with van der Waals surface area (Å²) in [5.74, 6) is 0.804. The van der Waals surface area contributed by atoms with Crippen LogP contribution in [0.3, 0.4) is 0 Å². The number of likely N-dealkylation sites (tertiary alicyclic amines) is 1. The van der Waals surface area contributed by atoms with Gasteiger partial charge in [0.15, 0.2) is 0 Å². The molecule has 18 heavy (non-hydrogen) atoms. The fourth-order valence-electron chi connectivity index (χ4n) is 2.61. The van der Waals surface area contributed by atoms with Crippen molar-refractivity contribution in [2.45, 2.75) is 38.3 Å². The summed E-state index contributed by atoms with van der Waals surface area (Å²) in [6.45, 7) is 4.06. The molecule has 0 amide bonds. The van der Waals surface area contributed by atoms with Crippen LogP contribution in [0.4, 0.5) is 0 Å². The number of β-amino-alcohol motifs (C(OH)–C–C–N with tert-alkyl or cyclic N) is 1. The first-order valence-electron chi connectivity index (χ1n) is 6.77. The van der Waals surface area contributed by atoms with Crippen molar-refractivity contribution >= 4 is 0 Å². The molecule has 100 valence electrons. The van der Waals surface area contributed by atoms with Crippen LogP contribution >= 0.6 is 0 Å². The van der Waals surface area contributed by atoms with Crippen LogP contribution in [0.25, 0.3) is 0 Å². The van der Waals surface area contributed by atoms with E-state index in [9.17, 15) is 5.11 Å². The monoisotopic (exact) mass is 249 g/mol. The van der Waals surface area contributed by atoms with Gasteiger partial charge in [-0.3, -0.25) is 4.90 Å². The zero-order chi connectivity index (χ0) is 13.0. The van der Waals surface area contributed by atoms with Crippen LogP contribution in [0.15, 0.2) is 24.3 Å². The summed E-state index contributed by atoms with van der Waals surface area (Å²) in [4.78, 5) is 2.38. The van der Waals surface area contributed by atoms with E-state index in [1.165, 1.54) is 19.3 Å². The molecule has 1 saturated heterocycles. The van der Waals surface area contributed by atoms with Gasteiger partial charge in [-0.25, -0.2) is 0 Å². The first-order chi connectivity index (χ1) is 8.70. The maximum absolute atomic E-state index is 10.3. The average molecular weight is 249 g/mol. The molecule has 1 N–H and O–H groups in total. The minimum atomic E-state index is -0.430. The molecule has 1 aromatic rings. The zero-order valence-corrected chi connectivity index (χ0v) is 11.3. The number of aliphatic hydroxyl groups is 1. The molecule has 0 aromatic heterocycles. The van der Waals surface area contributed by atoms with E-state index in [1.54, 1.807) is 7.11 Å². The Morgan fingerprint density at radius 1 is 1.44 bits per heavy atom. The predicted molar refractivity (Wildman–Crippen MR) is 72.8 cm³/mol. The van der Waals surface area contributed by atoms with E-state index >= 15 is 0 Å². The number of ether oxygens (including phenoxy) is 1. The minimum absolute atomic E-state index is 0.430. The molecule has 1 fully saturated rings. The molecule has 1 aliphatic rings. The van der Waals surface area contributed by atoms with Crippen molar-refractivity contribution < 1.29 is 9.84 Å². The highest BCUT2D eigenvalue weighted by Crippen LogP contribution is 2.23. The van der Waals surface area contributed by atoms with Crippen molar-refractivity contribution in [2.75, 3.05) is 20.2 Å². The molecule has 1 aromatic carbocycles. The van der Waals surface area contributed by atoms with Crippen molar-refractivity contribution in [3.8, 4) is 5.75 Å². The van der Waals surface area contributed by atoms with Gasteiger partial charge < -0.3 is 9.84 Å². The number of hydrogen-bond acceptors (Lipinski definition) is 3. The van der Waals surface area contributed by atoms with Crippen LogP contribution in [0.2, 0.25) is 0 Å². The van der Waals surface area contributed by atoms with Gasteiger partial charge >= 0.3 is 0 Å². The lowest BCUT2D eigenvalue weighted by molar-refractivity contribution is 0.0731. The molecule has 3 nitrogen and oxygen atoms in total. The SMILES string of the molecule is COc1cccc(C(O)CN2CCCCC2C)c1. The Kier molecular flexibility index (Phi) is 4.61. The highest BCUT2D eigenvalue weighted by molar-refractivity contribution is 5.29. The highest BCUT2D eigenvalue weighted by Gasteiger charge is 2.21. The fraction of sp³-hybridized carbons (Fsp3) is 0.600. The summed E-state index contributed by atoms with van der Waals surface area (Å²) in [7, 11) is 1.65. The molecular weight excluding hydrogens is 226 g/mol. The van der Waals surface area contributed by atoms with Crippen LogP contribution in [0.1, 0.15) is 37.9 Å². The van der Waals surface area contributed by atoms with Gasteiger partial charge in [-0.1, -0.05) is 18.6 Å². The van der Waals surface area contributed by atoms with Crippen LogP contribution in [0.5, 0.6) is 5.75 Å². The number of rotatable bonds is 4. The van der Waals surface area contributed by atoms with Gasteiger partial charge in [-0.05, 0) is 44.0 Å². The van der Waals surface area contributed by atoms with Crippen LogP contribution < -0.4 is 4.74 Å². The molecule has 0 aliphatic carbocycles. The van der Waals surface area contributed by atoms with E-state index in [4.69, 9.17) is 4.74 Å². The summed E-state index contributed by atoms with van der Waals surface area (Å²) >= 11 is 0. The summed E-state index contributed by atoms with van der Waals surface area (Å²) in [5.41, 5.74) is 0.937. The van der Waals surface area contributed by atoms with Gasteiger partial charge in [-0.2, -0.15) is 0 Å². The van der Waals surface area contributed by atoms with Crippen molar-refractivity contribution in [3.05, 3.63) is 29.8 Å². The fourth-order valence-corrected chi connectivity index (χ4v) is 2.61. The van der Waals surface area contributed by atoms with Gasteiger partial charge in [0.05, 0.1) is 13.2 Å². The van der Waals surface area contributed by atoms with Crippen LogP contribution in [-0.4, -0.2) is 36.2 Å². The van der Waals surface area contributed by atoms with Gasteiger partial charge in [-0.15, -0.1) is 0 Å². The standard InChI is InChI=1S/C15H23NO2/c1-12-6-3-4-9-16(12)11-15(17)13-7-5-8-14(10-13)18-2/h5,7-8,10,12,15,17H,3-4,6,9,11H2,1-2H3. The normalized spacial score (nSPS) is 22.7. The van der Waals surface area contributed by atoms with E-state index in [0.717, 1.165) is 17.9 Å². The topological polar surface area (TPSA) is 32.7 Å². The van der Waals surface area contributed by atoms with Gasteiger partial charge in [0.25, 0.3) is 0 Å². The maximum Gasteiger partial charge on any atom is 0.119 e. The third kappa shape index (κ3) is 3.24. The van der Waals surface area contributed by atoms with Crippen LogP contribution in [0, 0.1) is 0 Å². The molecule has 0 saturated carbocycles. The molecule has 2 atom stereocenters. The lowest BCUT2D eigenvalue weighted by atomic mass is 10.0. The summed E-state index contributed by atoms with van der Waals surface area (Å²) < 4.78 is 5.19. The Morgan fingerprint density at radius 3 is 3.00 bits per heavy atom. The van der Waals surface area contributed by atoms with E-state index in [2.05, 4.69) is 11.8 Å². The second kappa shape index (κ2) is 6.21. The second-order valence-electron chi connectivity index (χ2n) is 5.13.